The first-order valence-electron chi connectivity index (χ1n) is 8.69. The van der Waals surface area contributed by atoms with Gasteiger partial charge >= 0.3 is 0 Å². The number of benzene rings is 2. The molecule has 2 N–H and O–H groups in total. The molecule has 26 heavy (non-hydrogen) atoms. The topological polar surface area (TPSA) is 67.8 Å². The summed E-state index contributed by atoms with van der Waals surface area (Å²) in [7, 11) is 0. The van der Waals surface area contributed by atoms with Crippen molar-refractivity contribution in [2.24, 2.45) is 5.92 Å². The van der Waals surface area contributed by atoms with Gasteiger partial charge < -0.3 is 19.9 Å². The van der Waals surface area contributed by atoms with Crippen molar-refractivity contribution in [3.8, 4) is 0 Å². The number of carbonyl (C=O) groups excluding carboxylic acids is 1. The number of aliphatic hydroxyl groups excluding tert-OH is 1. The molecular formula is C21H23NO4. The van der Waals surface area contributed by atoms with Crippen LogP contribution in [0.5, 0.6) is 0 Å². The molecule has 1 heterocycles. The number of amides is 1. The Morgan fingerprint density at radius 3 is 2.54 bits per heavy atom. The van der Waals surface area contributed by atoms with Gasteiger partial charge in [-0.3, -0.25) is 4.79 Å². The van der Waals surface area contributed by atoms with Crippen molar-refractivity contribution in [2.45, 2.75) is 32.8 Å². The summed E-state index contributed by atoms with van der Waals surface area (Å²) in [4.78, 5) is 12.4. The SMILES string of the molecule is C[C@H]1C=C(C(=O)Nc2ccccc2)O[C@@H](OCc2ccc(CO)cc2)C1. The molecule has 0 fully saturated rings. The van der Waals surface area contributed by atoms with Crippen molar-refractivity contribution < 1.29 is 19.4 Å². The van der Waals surface area contributed by atoms with E-state index < -0.39 is 6.29 Å². The first kappa shape index (κ1) is 18.2. The molecule has 1 aliphatic rings. The van der Waals surface area contributed by atoms with Gasteiger partial charge in [0.15, 0.2) is 5.76 Å². The third kappa shape index (κ3) is 4.94. The Morgan fingerprint density at radius 2 is 1.85 bits per heavy atom. The number of rotatable bonds is 6. The average Bonchev–Trinajstić information content (AvgIpc) is 2.67. The van der Waals surface area contributed by atoms with E-state index in [1.165, 1.54) is 0 Å². The summed E-state index contributed by atoms with van der Waals surface area (Å²) in [5.41, 5.74) is 2.57. The predicted octanol–water partition coefficient (Wildman–Crippen LogP) is 3.60. The third-order valence-electron chi connectivity index (χ3n) is 4.16. The molecule has 5 nitrogen and oxygen atoms in total. The molecule has 0 saturated heterocycles. The van der Waals surface area contributed by atoms with Gasteiger partial charge in [-0.2, -0.15) is 0 Å². The Morgan fingerprint density at radius 1 is 1.15 bits per heavy atom. The first-order valence-corrected chi connectivity index (χ1v) is 8.69. The Hall–Kier alpha value is -2.63. The maximum absolute atomic E-state index is 12.4. The van der Waals surface area contributed by atoms with Crippen LogP contribution in [0.15, 0.2) is 66.4 Å². The number of aliphatic hydroxyl groups is 1. The molecule has 0 aromatic heterocycles. The summed E-state index contributed by atoms with van der Waals surface area (Å²) in [6.45, 7) is 2.44. The van der Waals surface area contributed by atoms with Crippen LogP contribution >= 0.6 is 0 Å². The summed E-state index contributed by atoms with van der Waals surface area (Å²) < 4.78 is 11.6. The van der Waals surface area contributed by atoms with Crippen LogP contribution in [0.25, 0.3) is 0 Å². The minimum absolute atomic E-state index is 0.0229. The van der Waals surface area contributed by atoms with Crippen LogP contribution in [0, 0.1) is 5.92 Å². The molecule has 0 unspecified atom stereocenters. The fourth-order valence-electron chi connectivity index (χ4n) is 2.73. The lowest BCUT2D eigenvalue weighted by atomic mass is 10.0. The van der Waals surface area contributed by atoms with E-state index in [0.29, 0.717) is 13.0 Å². The van der Waals surface area contributed by atoms with Crippen LogP contribution in [0.2, 0.25) is 0 Å². The molecule has 2 atom stereocenters. The zero-order valence-corrected chi connectivity index (χ0v) is 14.7. The maximum atomic E-state index is 12.4. The van der Waals surface area contributed by atoms with Gasteiger partial charge in [0.1, 0.15) is 0 Å². The molecule has 5 heteroatoms. The number of allylic oxidation sites excluding steroid dienone is 1. The van der Waals surface area contributed by atoms with Crippen molar-refractivity contribution in [3.63, 3.8) is 0 Å². The highest BCUT2D eigenvalue weighted by Gasteiger charge is 2.25. The van der Waals surface area contributed by atoms with Crippen molar-refractivity contribution in [1.29, 1.82) is 0 Å². The fraction of sp³-hybridized carbons (Fsp3) is 0.286. The van der Waals surface area contributed by atoms with Gasteiger partial charge in [0.05, 0.1) is 13.2 Å². The van der Waals surface area contributed by atoms with Crippen molar-refractivity contribution in [3.05, 3.63) is 77.6 Å². The largest absolute Gasteiger partial charge is 0.459 e. The van der Waals surface area contributed by atoms with Gasteiger partial charge in [-0.25, -0.2) is 0 Å². The maximum Gasteiger partial charge on any atom is 0.290 e. The standard InChI is InChI=1S/C21H23NO4/c1-15-11-19(21(24)22-18-5-3-2-4-6-18)26-20(12-15)25-14-17-9-7-16(13-23)8-10-17/h2-11,15,20,23H,12-14H2,1H3,(H,22,24)/t15-,20+/m0/s1. The quantitative estimate of drug-likeness (QED) is 0.833. The van der Waals surface area contributed by atoms with Gasteiger partial charge in [0, 0.05) is 12.1 Å². The minimum Gasteiger partial charge on any atom is -0.459 e. The Labute approximate surface area is 153 Å². The van der Waals surface area contributed by atoms with Gasteiger partial charge in [-0.1, -0.05) is 49.4 Å². The lowest BCUT2D eigenvalue weighted by Crippen LogP contribution is -2.29. The van der Waals surface area contributed by atoms with E-state index in [9.17, 15) is 4.79 Å². The fourth-order valence-corrected chi connectivity index (χ4v) is 2.73. The average molecular weight is 353 g/mol. The van der Waals surface area contributed by atoms with Gasteiger partial charge in [0.25, 0.3) is 5.91 Å². The number of hydrogen-bond acceptors (Lipinski definition) is 4. The molecule has 2 aromatic carbocycles. The molecule has 1 aliphatic heterocycles. The molecule has 0 spiro atoms. The van der Waals surface area contributed by atoms with E-state index in [0.717, 1.165) is 16.8 Å². The summed E-state index contributed by atoms with van der Waals surface area (Å²) in [6.07, 6.45) is 2.05. The molecule has 0 saturated carbocycles. The van der Waals surface area contributed by atoms with Crippen LogP contribution < -0.4 is 5.32 Å². The lowest BCUT2D eigenvalue weighted by Gasteiger charge is -2.27. The second kappa shape index (κ2) is 8.65. The van der Waals surface area contributed by atoms with Crippen molar-refractivity contribution in [2.75, 3.05) is 5.32 Å². The highest BCUT2D eigenvalue weighted by Crippen LogP contribution is 2.24. The minimum atomic E-state index is -0.468. The molecule has 0 radical (unpaired) electrons. The number of anilines is 1. The normalized spacial score (nSPS) is 19.4. The monoisotopic (exact) mass is 353 g/mol. The number of hydrogen-bond donors (Lipinski definition) is 2. The molecule has 0 bridgehead atoms. The van der Waals surface area contributed by atoms with E-state index in [1.54, 1.807) is 0 Å². The molecule has 2 aromatic rings. The highest BCUT2D eigenvalue weighted by molar-refractivity contribution is 6.02. The van der Waals surface area contributed by atoms with Crippen LogP contribution in [0.1, 0.15) is 24.5 Å². The number of carbonyl (C=O) groups is 1. The van der Waals surface area contributed by atoms with E-state index >= 15 is 0 Å². The third-order valence-corrected chi connectivity index (χ3v) is 4.16. The zero-order valence-electron chi connectivity index (χ0n) is 14.7. The van der Waals surface area contributed by atoms with Crippen LogP contribution in [0.3, 0.4) is 0 Å². The molecule has 1 amide bonds. The second-order valence-corrected chi connectivity index (χ2v) is 6.40. The smallest absolute Gasteiger partial charge is 0.290 e. The van der Waals surface area contributed by atoms with Gasteiger partial charge in [-0.05, 0) is 35.3 Å². The highest BCUT2D eigenvalue weighted by atomic mass is 16.7. The summed E-state index contributed by atoms with van der Waals surface area (Å²) in [5, 5.41) is 11.9. The van der Waals surface area contributed by atoms with E-state index in [-0.39, 0.29) is 24.2 Å². The second-order valence-electron chi connectivity index (χ2n) is 6.40. The van der Waals surface area contributed by atoms with Crippen LogP contribution in [0.4, 0.5) is 5.69 Å². The Balaban J connectivity index is 1.57. The number of nitrogens with one attached hydrogen (secondary N) is 1. The molecule has 0 aliphatic carbocycles. The van der Waals surface area contributed by atoms with E-state index in [4.69, 9.17) is 14.6 Å². The van der Waals surface area contributed by atoms with Crippen molar-refractivity contribution >= 4 is 11.6 Å². The van der Waals surface area contributed by atoms with Gasteiger partial charge in [-0.15, -0.1) is 0 Å². The zero-order chi connectivity index (χ0) is 18.4. The van der Waals surface area contributed by atoms with E-state index in [2.05, 4.69) is 5.32 Å². The predicted molar refractivity (Wildman–Crippen MR) is 99.0 cm³/mol. The van der Waals surface area contributed by atoms with Crippen LogP contribution in [-0.2, 0) is 27.5 Å². The summed E-state index contributed by atoms with van der Waals surface area (Å²) in [6, 6.07) is 16.8. The molecule has 3 rings (SSSR count). The van der Waals surface area contributed by atoms with E-state index in [1.807, 2.05) is 67.6 Å². The molecular weight excluding hydrogens is 330 g/mol. The number of para-hydroxylation sites is 1. The Kier molecular flexibility index (Phi) is 6.04. The molecule has 136 valence electrons. The first-order chi connectivity index (χ1) is 12.6. The van der Waals surface area contributed by atoms with Crippen molar-refractivity contribution in [1.82, 2.24) is 0 Å². The Bertz CT molecular complexity index is 755. The summed E-state index contributed by atoms with van der Waals surface area (Å²) >= 11 is 0. The van der Waals surface area contributed by atoms with Gasteiger partial charge in [0.2, 0.25) is 6.29 Å². The number of ether oxygens (including phenoxy) is 2. The van der Waals surface area contributed by atoms with Crippen LogP contribution in [-0.4, -0.2) is 17.3 Å². The lowest BCUT2D eigenvalue weighted by molar-refractivity contribution is -0.150. The summed E-state index contributed by atoms with van der Waals surface area (Å²) in [5.74, 6) is 0.193.